The van der Waals surface area contributed by atoms with E-state index >= 15 is 0 Å². The summed E-state index contributed by atoms with van der Waals surface area (Å²) < 4.78 is 18.9. The zero-order chi connectivity index (χ0) is 19.6. The van der Waals surface area contributed by atoms with E-state index in [1.807, 2.05) is 30.3 Å². The highest BCUT2D eigenvalue weighted by atomic mass is 19.1. The van der Waals surface area contributed by atoms with E-state index in [1.54, 1.807) is 24.1 Å². The minimum absolute atomic E-state index is 0.0144. The van der Waals surface area contributed by atoms with E-state index in [4.69, 9.17) is 9.84 Å². The molecular formula is C21H25FN2O3. The summed E-state index contributed by atoms with van der Waals surface area (Å²) in [5, 5.41) is 8.95. The average Bonchev–Trinajstić information content (AvgIpc) is 2.70. The quantitative estimate of drug-likeness (QED) is 0.515. The first kappa shape index (κ1) is 20.5. The van der Waals surface area contributed by atoms with Crippen LogP contribution < -0.4 is 4.74 Å². The molecule has 0 saturated carbocycles. The molecule has 1 amide bonds. The summed E-state index contributed by atoms with van der Waals surface area (Å²) in [6, 6.07) is 15.4. The Morgan fingerprint density at radius 3 is 2.44 bits per heavy atom. The maximum Gasteiger partial charge on any atom is 0.269 e. The lowest BCUT2D eigenvalue weighted by Gasteiger charge is -2.28. The van der Waals surface area contributed by atoms with E-state index in [0.717, 1.165) is 5.56 Å². The number of rotatable bonds is 10. The molecule has 0 fully saturated rings. The highest BCUT2D eigenvalue weighted by Gasteiger charge is 2.20. The Balaban J connectivity index is 2.10. The van der Waals surface area contributed by atoms with Crippen LogP contribution in [0.3, 0.4) is 0 Å². The molecule has 1 N–H and O–H groups in total. The summed E-state index contributed by atoms with van der Waals surface area (Å²) in [6.45, 7) is 4.85. The fraction of sp³-hybridized carbons (Fsp3) is 0.286. The molecule has 2 aromatic carbocycles. The average molecular weight is 372 g/mol. The van der Waals surface area contributed by atoms with Crippen LogP contribution >= 0.6 is 0 Å². The predicted molar refractivity (Wildman–Crippen MR) is 102 cm³/mol. The first-order valence-corrected chi connectivity index (χ1v) is 8.73. The number of benzene rings is 2. The number of aliphatic hydroxyl groups excluding tert-OH is 1. The van der Waals surface area contributed by atoms with Crippen molar-refractivity contribution < 1.29 is 19.0 Å². The Bertz CT molecular complexity index is 735. The van der Waals surface area contributed by atoms with Gasteiger partial charge in [-0.2, -0.15) is 0 Å². The van der Waals surface area contributed by atoms with Crippen molar-refractivity contribution in [2.45, 2.75) is 13.0 Å². The van der Waals surface area contributed by atoms with E-state index in [9.17, 15) is 9.18 Å². The minimum Gasteiger partial charge on any atom is -0.473 e. The van der Waals surface area contributed by atoms with Crippen LogP contribution in [-0.2, 0) is 11.3 Å². The molecule has 2 rings (SSSR count). The Kier molecular flexibility index (Phi) is 7.82. The zero-order valence-electron chi connectivity index (χ0n) is 15.5. The zero-order valence-corrected chi connectivity index (χ0v) is 15.5. The van der Waals surface area contributed by atoms with Gasteiger partial charge in [0, 0.05) is 26.7 Å². The lowest BCUT2D eigenvalue weighted by Crippen LogP contribution is -2.38. The molecule has 0 radical (unpaired) electrons. The van der Waals surface area contributed by atoms with Crippen LogP contribution in [-0.4, -0.2) is 47.7 Å². The van der Waals surface area contributed by atoms with Gasteiger partial charge in [-0.15, -0.1) is 0 Å². The van der Waals surface area contributed by atoms with Crippen molar-refractivity contribution >= 4 is 5.91 Å². The molecular weight excluding hydrogens is 347 g/mol. The van der Waals surface area contributed by atoms with E-state index in [1.165, 1.54) is 17.0 Å². The number of carbonyl (C=O) groups is 1. The first-order valence-electron chi connectivity index (χ1n) is 8.73. The van der Waals surface area contributed by atoms with Gasteiger partial charge in [-0.3, -0.25) is 4.79 Å². The number of likely N-dealkylation sites (N-methyl/N-ethyl adjacent to an activating group) is 1. The molecule has 2 aromatic rings. The van der Waals surface area contributed by atoms with Gasteiger partial charge in [-0.05, 0) is 36.2 Å². The summed E-state index contributed by atoms with van der Waals surface area (Å²) in [7, 11) is 1.66. The number of hydrogen-bond acceptors (Lipinski definition) is 4. The third-order valence-corrected chi connectivity index (χ3v) is 4.04. The number of hydrogen-bond donors (Lipinski definition) is 1. The SMILES string of the molecule is C=C(C(=O)N(C)CCCO)N(COc1ccccc1)Cc1ccc(F)cc1. The Labute approximate surface area is 159 Å². The van der Waals surface area contributed by atoms with Crippen LogP contribution in [0.2, 0.25) is 0 Å². The van der Waals surface area contributed by atoms with E-state index in [-0.39, 0.29) is 30.8 Å². The second kappa shape index (κ2) is 10.3. The van der Waals surface area contributed by atoms with Gasteiger partial charge in [-0.25, -0.2) is 4.39 Å². The van der Waals surface area contributed by atoms with E-state index in [0.29, 0.717) is 25.3 Å². The minimum atomic E-state index is -0.315. The molecule has 6 heteroatoms. The fourth-order valence-corrected chi connectivity index (χ4v) is 2.46. The number of amides is 1. The third-order valence-electron chi connectivity index (χ3n) is 4.04. The Morgan fingerprint density at radius 1 is 1.15 bits per heavy atom. The lowest BCUT2D eigenvalue weighted by atomic mass is 10.2. The van der Waals surface area contributed by atoms with Crippen LogP contribution in [0, 0.1) is 5.82 Å². The lowest BCUT2D eigenvalue weighted by molar-refractivity contribution is -0.128. The van der Waals surface area contributed by atoms with Crippen LogP contribution in [0.4, 0.5) is 4.39 Å². The van der Waals surface area contributed by atoms with Crippen LogP contribution in [0.1, 0.15) is 12.0 Å². The fourth-order valence-electron chi connectivity index (χ4n) is 2.46. The van der Waals surface area contributed by atoms with Crippen molar-refractivity contribution in [3.05, 3.63) is 78.3 Å². The molecule has 0 aromatic heterocycles. The van der Waals surface area contributed by atoms with Crippen molar-refractivity contribution in [2.75, 3.05) is 26.9 Å². The maximum atomic E-state index is 13.2. The Hall–Kier alpha value is -2.86. The van der Waals surface area contributed by atoms with Crippen molar-refractivity contribution in [3.8, 4) is 5.75 Å². The molecule has 0 bridgehead atoms. The molecule has 0 unspecified atom stereocenters. The van der Waals surface area contributed by atoms with Gasteiger partial charge >= 0.3 is 0 Å². The normalized spacial score (nSPS) is 10.3. The number of ether oxygens (including phenoxy) is 1. The number of aliphatic hydroxyl groups is 1. The molecule has 0 aliphatic heterocycles. The van der Waals surface area contributed by atoms with Gasteiger partial charge in [0.1, 0.15) is 11.6 Å². The molecule has 0 aliphatic carbocycles. The molecule has 0 aliphatic rings. The van der Waals surface area contributed by atoms with Gasteiger partial charge in [0.25, 0.3) is 5.91 Å². The van der Waals surface area contributed by atoms with E-state index < -0.39 is 0 Å². The second-order valence-corrected chi connectivity index (χ2v) is 6.16. The second-order valence-electron chi connectivity index (χ2n) is 6.16. The smallest absolute Gasteiger partial charge is 0.269 e. The predicted octanol–water partition coefficient (Wildman–Crippen LogP) is 3.02. The van der Waals surface area contributed by atoms with Gasteiger partial charge in [-0.1, -0.05) is 36.9 Å². The molecule has 0 heterocycles. The number of nitrogens with zero attached hydrogens (tertiary/aromatic N) is 2. The highest BCUT2D eigenvalue weighted by molar-refractivity contribution is 5.92. The third kappa shape index (κ3) is 6.42. The largest absolute Gasteiger partial charge is 0.473 e. The Morgan fingerprint density at radius 2 is 1.81 bits per heavy atom. The summed E-state index contributed by atoms with van der Waals surface area (Å²) in [6.07, 6.45) is 0.494. The summed E-state index contributed by atoms with van der Waals surface area (Å²) in [4.78, 5) is 15.9. The van der Waals surface area contributed by atoms with Crippen molar-refractivity contribution in [2.24, 2.45) is 0 Å². The highest BCUT2D eigenvalue weighted by Crippen LogP contribution is 2.15. The van der Waals surface area contributed by atoms with Crippen molar-refractivity contribution in [1.29, 1.82) is 0 Å². The molecule has 144 valence electrons. The van der Waals surface area contributed by atoms with E-state index in [2.05, 4.69) is 6.58 Å². The van der Waals surface area contributed by atoms with Crippen molar-refractivity contribution in [3.63, 3.8) is 0 Å². The van der Waals surface area contributed by atoms with Gasteiger partial charge < -0.3 is 19.6 Å². The standard InChI is InChI=1S/C21H25FN2O3/c1-17(21(26)23(2)13-6-14-25)24(15-18-9-11-19(22)12-10-18)16-27-20-7-4-3-5-8-20/h3-5,7-12,25H,1,6,13-16H2,2H3. The van der Waals surface area contributed by atoms with Gasteiger partial charge in [0.15, 0.2) is 6.73 Å². The monoisotopic (exact) mass is 372 g/mol. The van der Waals surface area contributed by atoms with Crippen LogP contribution in [0.25, 0.3) is 0 Å². The number of para-hydroxylation sites is 1. The molecule has 0 spiro atoms. The van der Waals surface area contributed by atoms with Crippen molar-refractivity contribution in [1.82, 2.24) is 9.80 Å². The molecule has 27 heavy (non-hydrogen) atoms. The molecule has 5 nitrogen and oxygen atoms in total. The summed E-state index contributed by atoms with van der Waals surface area (Å²) in [5.74, 6) is 0.113. The summed E-state index contributed by atoms with van der Waals surface area (Å²) in [5.41, 5.74) is 1.11. The number of carbonyl (C=O) groups excluding carboxylic acids is 1. The maximum absolute atomic E-state index is 13.2. The topological polar surface area (TPSA) is 53.0 Å². The molecule has 0 atom stereocenters. The van der Waals surface area contributed by atoms with Gasteiger partial charge in [0.05, 0.1) is 5.70 Å². The molecule has 0 saturated heterocycles. The first-order chi connectivity index (χ1) is 13.0. The number of halogens is 1. The van der Waals surface area contributed by atoms with Crippen LogP contribution in [0.5, 0.6) is 5.75 Å². The summed E-state index contributed by atoms with van der Waals surface area (Å²) >= 11 is 0. The van der Waals surface area contributed by atoms with Gasteiger partial charge in [0.2, 0.25) is 0 Å². The van der Waals surface area contributed by atoms with Crippen LogP contribution in [0.15, 0.2) is 66.9 Å².